The first-order valence-corrected chi connectivity index (χ1v) is 5.43. The van der Waals surface area contributed by atoms with Gasteiger partial charge in [0.1, 0.15) is 5.82 Å². The third-order valence-corrected chi connectivity index (χ3v) is 2.75. The molecular formula is C10H8BrFN2O2. The van der Waals surface area contributed by atoms with E-state index in [2.05, 4.69) is 21.2 Å². The van der Waals surface area contributed by atoms with Crippen molar-refractivity contribution in [3.63, 3.8) is 0 Å². The van der Waals surface area contributed by atoms with Crippen LogP contribution in [-0.2, 0) is 0 Å². The van der Waals surface area contributed by atoms with E-state index < -0.39 is 17.8 Å². The van der Waals surface area contributed by atoms with E-state index in [-0.39, 0.29) is 12.1 Å². The number of benzene rings is 1. The molecular weight excluding hydrogens is 279 g/mol. The lowest BCUT2D eigenvalue weighted by molar-refractivity contribution is 0.0825. The van der Waals surface area contributed by atoms with Crippen molar-refractivity contribution < 1.29 is 14.0 Å². The van der Waals surface area contributed by atoms with Gasteiger partial charge in [0.2, 0.25) is 0 Å². The van der Waals surface area contributed by atoms with E-state index in [9.17, 15) is 14.0 Å². The second-order valence-corrected chi connectivity index (χ2v) is 4.23. The van der Waals surface area contributed by atoms with Crippen LogP contribution in [0, 0.1) is 5.82 Å². The van der Waals surface area contributed by atoms with Crippen LogP contribution >= 0.6 is 15.9 Å². The molecule has 0 unspecified atom stereocenters. The third-order valence-electron chi connectivity index (χ3n) is 2.26. The number of hydrogen-bond acceptors (Lipinski definition) is 2. The van der Waals surface area contributed by atoms with Crippen LogP contribution in [0.3, 0.4) is 0 Å². The van der Waals surface area contributed by atoms with E-state index in [4.69, 9.17) is 0 Å². The lowest BCUT2D eigenvalue weighted by Gasteiger charge is -2.12. The van der Waals surface area contributed by atoms with Gasteiger partial charge in [0, 0.05) is 17.6 Å². The van der Waals surface area contributed by atoms with Gasteiger partial charge in [0.15, 0.2) is 0 Å². The largest absolute Gasteiger partial charge is 0.336 e. The fourth-order valence-corrected chi connectivity index (χ4v) is 1.83. The van der Waals surface area contributed by atoms with E-state index in [1.807, 2.05) is 0 Å². The SMILES string of the molecule is O=C1NCCN1C(=O)c1cc(Br)ccc1F. The van der Waals surface area contributed by atoms with Crippen molar-refractivity contribution in [2.24, 2.45) is 0 Å². The van der Waals surface area contributed by atoms with Gasteiger partial charge in [-0.2, -0.15) is 0 Å². The Balaban J connectivity index is 2.33. The van der Waals surface area contributed by atoms with Gasteiger partial charge in [-0.25, -0.2) is 9.18 Å². The molecule has 1 N–H and O–H groups in total. The quantitative estimate of drug-likeness (QED) is 0.855. The number of nitrogens with zero attached hydrogens (tertiary/aromatic N) is 1. The number of carbonyl (C=O) groups is 2. The molecule has 0 aliphatic carbocycles. The van der Waals surface area contributed by atoms with Crippen molar-refractivity contribution in [1.82, 2.24) is 10.2 Å². The van der Waals surface area contributed by atoms with Crippen LogP contribution in [0.1, 0.15) is 10.4 Å². The van der Waals surface area contributed by atoms with Crippen LogP contribution in [0.25, 0.3) is 0 Å². The molecule has 1 heterocycles. The number of carbonyl (C=O) groups excluding carboxylic acids is 2. The molecule has 3 amide bonds. The summed E-state index contributed by atoms with van der Waals surface area (Å²) >= 11 is 3.15. The highest BCUT2D eigenvalue weighted by molar-refractivity contribution is 9.10. The summed E-state index contributed by atoms with van der Waals surface area (Å²) in [5, 5.41) is 2.49. The standard InChI is InChI=1S/C10H8BrFN2O2/c11-6-1-2-8(12)7(5-6)9(15)14-4-3-13-10(14)16/h1-2,5H,3-4H2,(H,13,16). The molecule has 6 heteroatoms. The zero-order chi connectivity index (χ0) is 11.7. The number of nitrogens with one attached hydrogen (secondary N) is 1. The highest BCUT2D eigenvalue weighted by atomic mass is 79.9. The molecule has 1 aromatic carbocycles. The van der Waals surface area contributed by atoms with E-state index in [1.54, 1.807) is 0 Å². The predicted molar refractivity (Wildman–Crippen MR) is 58.5 cm³/mol. The molecule has 4 nitrogen and oxygen atoms in total. The van der Waals surface area contributed by atoms with Crippen molar-refractivity contribution >= 4 is 27.9 Å². The van der Waals surface area contributed by atoms with Crippen LogP contribution in [0.4, 0.5) is 9.18 Å². The van der Waals surface area contributed by atoms with Gasteiger partial charge in [0.25, 0.3) is 5.91 Å². The molecule has 0 spiro atoms. The minimum Gasteiger partial charge on any atom is -0.336 e. The summed E-state index contributed by atoms with van der Waals surface area (Å²) in [4.78, 5) is 24.1. The number of amides is 3. The average Bonchev–Trinajstić information content (AvgIpc) is 2.67. The lowest BCUT2D eigenvalue weighted by Crippen LogP contribution is -2.34. The van der Waals surface area contributed by atoms with Gasteiger partial charge in [-0.15, -0.1) is 0 Å². The lowest BCUT2D eigenvalue weighted by atomic mass is 10.2. The van der Waals surface area contributed by atoms with Crippen LogP contribution in [0.15, 0.2) is 22.7 Å². The third kappa shape index (κ3) is 1.92. The fraction of sp³-hybridized carbons (Fsp3) is 0.200. The Bertz CT molecular complexity index is 464. The minimum atomic E-state index is -0.632. The minimum absolute atomic E-state index is 0.105. The van der Waals surface area contributed by atoms with Gasteiger partial charge in [0.05, 0.1) is 5.56 Å². The molecule has 0 saturated carbocycles. The molecule has 16 heavy (non-hydrogen) atoms. The summed E-state index contributed by atoms with van der Waals surface area (Å²) in [6.07, 6.45) is 0. The van der Waals surface area contributed by atoms with Crippen LogP contribution in [-0.4, -0.2) is 29.9 Å². The summed E-state index contributed by atoms with van der Waals surface area (Å²) < 4.78 is 14.0. The first kappa shape index (κ1) is 11.1. The molecule has 1 saturated heterocycles. The predicted octanol–water partition coefficient (Wildman–Crippen LogP) is 1.75. The van der Waals surface area contributed by atoms with E-state index in [0.29, 0.717) is 11.0 Å². The van der Waals surface area contributed by atoms with E-state index in [0.717, 1.165) is 4.90 Å². The smallest absolute Gasteiger partial charge is 0.324 e. The van der Waals surface area contributed by atoms with Crippen LogP contribution < -0.4 is 5.32 Å². The summed E-state index contributed by atoms with van der Waals surface area (Å²) in [5.74, 6) is -1.25. The number of halogens is 2. The Labute approximate surface area is 99.6 Å². The number of rotatable bonds is 1. The first-order chi connectivity index (χ1) is 7.59. The molecule has 1 aliphatic heterocycles. The molecule has 0 atom stereocenters. The number of imide groups is 1. The van der Waals surface area contributed by atoms with Gasteiger partial charge >= 0.3 is 6.03 Å². The van der Waals surface area contributed by atoms with Gasteiger partial charge < -0.3 is 5.32 Å². The van der Waals surface area contributed by atoms with Crippen molar-refractivity contribution in [3.05, 3.63) is 34.1 Å². The summed E-state index contributed by atoms with van der Waals surface area (Å²) in [6, 6.07) is 3.56. The molecule has 1 aromatic rings. The number of hydrogen-bond donors (Lipinski definition) is 1. The maximum Gasteiger partial charge on any atom is 0.324 e. The molecule has 1 aliphatic rings. The number of urea groups is 1. The normalized spacial score (nSPS) is 15.1. The molecule has 0 bridgehead atoms. The maximum absolute atomic E-state index is 13.4. The fourth-order valence-electron chi connectivity index (χ4n) is 1.47. The highest BCUT2D eigenvalue weighted by Gasteiger charge is 2.28. The molecule has 0 radical (unpaired) electrons. The van der Waals surface area contributed by atoms with Gasteiger partial charge in [-0.05, 0) is 18.2 Å². The Morgan fingerprint density at radius 2 is 2.25 bits per heavy atom. The van der Waals surface area contributed by atoms with E-state index in [1.165, 1.54) is 18.2 Å². The summed E-state index contributed by atoms with van der Waals surface area (Å²) in [7, 11) is 0. The molecule has 2 rings (SSSR count). The second-order valence-electron chi connectivity index (χ2n) is 3.31. The van der Waals surface area contributed by atoms with Crippen molar-refractivity contribution in [2.45, 2.75) is 0 Å². The highest BCUT2D eigenvalue weighted by Crippen LogP contribution is 2.18. The topological polar surface area (TPSA) is 49.4 Å². The summed E-state index contributed by atoms with van der Waals surface area (Å²) in [5.41, 5.74) is -0.105. The van der Waals surface area contributed by atoms with Gasteiger partial charge in [-0.3, -0.25) is 9.69 Å². The van der Waals surface area contributed by atoms with Crippen LogP contribution in [0.5, 0.6) is 0 Å². The maximum atomic E-state index is 13.4. The summed E-state index contributed by atoms with van der Waals surface area (Å²) in [6.45, 7) is 0.670. The van der Waals surface area contributed by atoms with Crippen molar-refractivity contribution in [3.8, 4) is 0 Å². The monoisotopic (exact) mass is 286 g/mol. The average molecular weight is 287 g/mol. The van der Waals surface area contributed by atoms with Gasteiger partial charge in [-0.1, -0.05) is 15.9 Å². The Kier molecular flexibility index (Phi) is 2.91. The Hall–Kier alpha value is -1.43. The van der Waals surface area contributed by atoms with E-state index >= 15 is 0 Å². The van der Waals surface area contributed by atoms with Crippen molar-refractivity contribution in [2.75, 3.05) is 13.1 Å². The second kappa shape index (κ2) is 4.21. The first-order valence-electron chi connectivity index (χ1n) is 4.64. The zero-order valence-electron chi connectivity index (χ0n) is 8.17. The Morgan fingerprint density at radius 3 is 2.88 bits per heavy atom. The van der Waals surface area contributed by atoms with Crippen molar-refractivity contribution in [1.29, 1.82) is 0 Å². The Morgan fingerprint density at radius 1 is 1.50 bits per heavy atom. The molecule has 84 valence electrons. The van der Waals surface area contributed by atoms with Crippen LogP contribution in [0.2, 0.25) is 0 Å². The molecule has 0 aromatic heterocycles. The molecule has 1 fully saturated rings. The zero-order valence-corrected chi connectivity index (χ0v) is 9.75.